The van der Waals surface area contributed by atoms with Crippen molar-refractivity contribution < 1.29 is 4.79 Å². The van der Waals surface area contributed by atoms with Gasteiger partial charge in [0.1, 0.15) is 0 Å². The molecule has 2 aliphatic rings. The van der Waals surface area contributed by atoms with Gasteiger partial charge in [-0.15, -0.1) is 0 Å². The standard InChI is InChI=1S/C12H18N4OS/c1-16-10(14-15-12(16)18)6-13-11(17)9-5-8(9)7-3-2-4-7/h7-9H,2-6H2,1H3,(H,13,17)(H,15,18)/t8-,9+/m1/s1. The Labute approximate surface area is 111 Å². The molecule has 0 aromatic carbocycles. The first-order valence-corrected chi connectivity index (χ1v) is 6.95. The smallest absolute Gasteiger partial charge is 0.223 e. The van der Waals surface area contributed by atoms with Gasteiger partial charge in [-0.1, -0.05) is 19.3 Å². The summed E-state index contributed by atoms with van der Waals surface area (Å²) >= 11 is 5.03. The lowest BCUT2D eigenvalue weighted by Crippen LogP contribution is -2.28. The van der Waals surface area contributed by atoms with Crippen LogP contribution in [0.15, 0.2) is 0 Å². The number of aromatic nitrogens is 3. The summed E-state index contributed by atoms with van der Waals surface area (Å²) in [4.78, 5) is 12.0. The second kappa shape index (κ2) is 4.50. The van der Waals surface area contributed by atoms with Crippen LogP contribution in [-0.2, 0) is 18.4 Å². The van der Waals surface area contributed by atoms with Crippen molar-refractivity contribution in [3.8, 4) is 0 Å². The minimum atomic E-state index is 0.181. The minimum Gasteiger partial charge on any atom is -0.349 e. The van der Waals surface area contributed by atoms with Crippen LogP contribution in [0, 0.1) is 22.5 Å². The summed E-state index contributed by atoms with van der Waals surface area (Å²) in [7, 11) is 1.85. The number of hydrogen-bond acceptors (Lipinski definition) is 3. The molecule has 0 bridgehead atoms. The largest absolute Gasteiger partial charge is 0.349 e. The summed E-state index contributed by atoms with van der Waals surface area (Å²) < 4.78 is 2.37. The summed E-state index contributed by atoms with van der Waals surface area (Å²) in [6.07, 6.45) is 5.07. The van der Waals surface area contributed by atoms with Crippen molar-refractivity contribution in [2.24, 2.45) is 24.8 Å². The summed E-state index contributed by atoms with van der Waals surface area (Å²) in [5.74, 6) is 2.68. The average molecular weight is 266 g/mol. The highest BCUT2D eigenvalue weighted by atomic mass is 32.1. The van der Waals surface area contributed by atoms with Crippen LogP contribution in [0.4, 0.5) is 0 Å². The fourth-order valence-electron chi connectivity index (χ4n) is 2.74. The molecule has 98 valence electrons. The second-order valence-corrected chi connectivity index (χ2v) is 5.81. The van der Waals surface area contributed by atoms with Crippen molar-refractivity contribution in [3.63, 3.8) is 0 Å². The molecule has 2 saturated carbocycles. The fraction of sp³-hybridized carbons (Fsp3) is 0.750. The number of aromatic amines is 1. The molecule has 0 saturated heterocycles. The monoisotopic (exact) mass is 266 g/mol. The molecular formula is C12H18N4OS. The quantitative estimate of drug-likeness (QED) is 0.812. The lowest BCUT2D eigenvalue weighted by atomic mass is 9.81. The Kier molecular flexibility index (Phi) is 2.97. The van der Waals surface area contributed by atoms with E-state index in [4.69, 9.17) is 12.2 Å². The maximum absolute atomic E-state index is 12.0. The molecule has 2 fully saturated rings. The van der Waals surface area contributed by atoms with Gasteiger partial charge in [0.15, 0.2) is 10.6 Å². The van der Waals surface area contributed by atoms with Crippen LogP contribution >= 0.6 is 12.2 Å². The zero-order chi connectivity index (χ0) is 12.7. The zero-order valence-corrected chi connectivity index (χ0v) is 11.3. The molecule has 1 heterocycles. The molecule has 2 aliphatic carbocycles. The third kappa shape index (κ3) is 2.09. The molecule has 1 aromatic rings. The molecule has 5 nitrogen and oxygen atoms in total. The summed E-state index contributed by atoms with van der Waals surface area (Å²) in [5, 5.41) is 9.75. The molecule has 6 heteroatoms. The number of nitrogens with one attached hydrogen (secondary N) is 2. The van der Waals surface area contributed by atoms with Crippen molar-refractivity contribution in [3.05, 3.63) is 10.6 Å². The topological polar surface area (TPSA) is 62.7 Å². The van der Waals surface area contributed by atoms with Gasteiger partial charge >= 0.3 is 0 Å². The van der Waals surface area contributed by atoms with Gasteiger partial charge in [0.05, 0.1) is 6.54 Å². The Bertz CT molecular complexity index is 516. The van der Waals surface area contributed by atoms with E-state index in [1.807, 2.05) is 7.05 Å². The van der Waals surface area contributed by atoms with Crippen molar-refractivity contribution in [1.29, 1.82) is 0 Å². The van der Waals surface area contributed by atoms with Crippen LogP contribution in [0.25, 0.3) is 0 Å². The van der Waals surface area contributed by atoms with Crippen LogP contribution in [0.2, 0.25) is 0 Å². The van der Waals surface area contributed by atoms with Gasteiger partial charge in [0.25, 0.3) is 0 Å². The van der Waals surface area contributed by atoms with E-state index in [9.17, 15) is 4.79 Å². The normalized spacial score (nSPS) is 26.7. The molecule has 2 atom stereocenters. The highest BCUT2D eigenvalue weighted by Crippen LogP contribution is 2.51. The molecule has 0 spiro atoms. The number of H-pyrrole nitrogens is 1. The van der Waals surface area contributed by atoms with E-state index in [1.54, 1.807) is 4.57 Å². The Balaban J connectivity index is 1.50. The Morgan fingerprint density at radius 2 is 2.39 bits per heavy atom. The number of carbonyl (C=O) groups excluding carboxylic acids is 1. The zero-order valence-electron chi connectivity index (χ0n) is 10.5. The molecule has 0 radical (unpaired) electrons. The molecule has 2 N–H and O–H groups in total. The molecular weight excluding hydrogens is 248 g/mol. The average Bonchev–Trinajstić information content (AvgIpc) is 2.98. The van der Waals surface area contributed by atoms with E-state index in [1.165, 1.54) is 19.3 Å². The Morgan fingerprint density at radius 1 is 1.61 bits per heavy atom. The highest BCUT2D eigenvalue weighted by molar-refractivity contribution is 7.71. The van der Waals surface area contributed by atoms with E-state index >= 15 is 0 Å². The summed E-state index contributed by atoms with van der Waals surface area (Å²) in [5.41, 5.74) is 0. The first-order valence-electron chi connectivity index (χ1n) is 6.55. The molecule has 1 amide bonds. The van der Waals surface area contributed by atoms with Gasteiger partial charge in [0.2, 0.25) is 5.91 Å². The van der Waals surface area contributed by atoms with Gasteiger partial charge in [-0.3, -0.25) is 9.89 Å². The third-order valence-electron chi connectivity index (χ3n) is 4.33. The van der Waals surface area contributed by atoms with Crippen LogP contribution in [-0.4, -0.2) is 20.7 Å². The van der Waals surface area contributed by atoms with Gasteiger partial charge in [0, 0.05) is 13.0 Å². The first-order chi connectivity index (χ1) is 8.66. The first kappa shape index (κ1) is 11.9. The Morgan fingerprint density at radius 3 is 2.94 bits per heavy atom. The van der Waals surface area contributed by atoms with Gasteiger partial charge in [-0.2, -0.15) is 5.10 Å². The van der Waals surface area contributed by atoms with Crippen molar-refractivity contribution in [1.82, 2.24) is 20.1 Å². The van der Waals surface area contributed by atoms with Gasteiger partial charge in [-0.05, 0) is 30.5 Å². The minimum absolute atomic E-state index is 0.181. The second-order valence-electron chi connectivity index (χ2n) is 5.42. The fourth-order valence-corrected chi connectivity index (χ4v) is 2.89. The van der Waals surface area contributed by atoms with Crippen LogP contribution < -0.4 is 5.32 Å². The van der Waals surface area contributed by atoms with Crippen LogP contribution in [0.1, 0.15) is 31.5 Å². The number of carbonyl (C=O) groups is 1. The van der Waals surface area contributed by atoms with Gasteiger partial charge < -0.3 is 9.88 Å². The highest BCUT2D eigenvalue weighted by Gasteiger charge is 2.48. The van der Waals surface area contributed by atoms with E-state index in [-0.39, 0.29) is 11.8 Å². The van der Waals surface area contributed by atoms with Crippen molar-refractivity contribution in [2.45, 2.75) is 32.2 Å². The maximum atomic E-state index is 12.0. The van der Waals surface area contributed by atoms with Crippen molar-refractivity contribution in [2.75, 3.05) is 0 Å². The lowest BCUT2D eigenvalue weighted by Gasteiger charge is -2.25. The summed E-state index contributed by atoms with van der Waals surface area (Å²) in [6, 6.07) is 0. The third-order valence-corrected chi connectivity index (χ3v) is 4.69. The van der Waals surface area contributed by atoms with Crippen LogP contribution in [0.3, 0.4) is 0 Å². The molecule has 0 unspecified atom stereocenters. The molecule has 1 aromatic heterocycles. The van der Waals surface area contributed by atoms with Crippen LogP contribution in [0.5, 0.6) is 0 Å². The van der Waals surface area contributed by atoms with E-state index < -0.39 is 0 Å². The molecule has 3 rings (SSSR count). The molecule has 0 aliphatic heterocycles. The van der Waals surface area contributed by atoms with E-state index in [2.05, 4.69) is 15.5 Å². The number of nitrogens with zero attached hydrogens (tertiary/aromatic N) is 2. The molecule has 18 heavy (non-hydrogen) atoms. The number of amides is 1. The SMILES string of the molecule is Cn1c(CNC(=O)[C@H]2C[C@@H]2C2CCC2)n[nH]c1=S. The summed E-state index contributed by atoms with van der Waals surface area (Å²) in [6.45, 7) is 0.455. The lowest BCUT2D eigenvalue weighted by molar-refractivity contribution is -0.123. The number of hydrogen-bond donors (Lipinski definition) is 2. The Hall–Kier alpha value is -1.17. The van der Waals surface area contributed by atoms with E-state index in [0.29, 0.717) is 17.2 Å². The van der Waals surface area contributed by atoms with E-state index in [0.717, 1.165) is 18.2 Å². The predicted molar refractivity (Wildman–Crippen MR) is 69.2 cm³/mol. The number of rotatable bonds is 4. The van der Waals surface area contributed by atoms with Gasteiger partial charge in [-0.25, -0.2) is 0 Å². The van der Waals surface area contributed by atoms with Crippen molar-refractivity contribution >= 4 is 18.1 Å². The maximum Gasteiger partial charge on any atom is 0.223 e. The predicted octanol–water partition coefficient (Wildman–Crippen LogP) is 1.53.